The summed E-state index contributed by atoms with van der Waals surface area (Å²) in [5.74, 6) is 0.705. The van der Waals surface area contributed by atoms with Gasteiger partial charge in [0, 0.05) is 6.61 Å². The van der Waals surface area contributed by atoms with Crippen molar-refractivity contribution in [1.82, 2.24) is 0 Å². The Morgan fingerprint density at radius 3 is 2.50 bits per heavy atom. The first-order valence-electron chi connectivity index (χ1n) is 5.68. The molecule has 0 unspecified atom stereocenters. The van der Waals surface area contributed by atoms with E-state index >= 15 is 0 Å². The number of hydrogen-bond donors (Lipinski definition) is 0. The molecule has 2 nitrogen and oxygen atoms in total. The second-order valence-electron chi connectivity index (χ2n) is 3.97. The molecule has 0 saturated heterocycles. The molecule has 0 amide bonds. The van der Waals surface area contributed by atoms with Crippen molar-refractivity contribution in [2.75, 3.05) is 13.7 Å². The van der Waals surface area contributed by atoms with Gasteiger partial charge in [0.2, 0.25) is 0 Å². The van der Waals surface area contributed by atoms with Gasteiger partial charge in [-0.05, 0) is 44.1 Å². The molecule has 0 aromatic heterocycles. The Morgan fingerprint density at radius 1 is 1.21 bits per heavy atom. The highest BCUT2D eigenvalue weighted by Gasteiger charge is 2.19. The molecule has 0 spiro atoms. The first-order valence-corrected chi connectivity index (χ1v) is 5.68. The molecule has 0 N–H and O–H groups in total. The van der Waals surface area contributed by atoms with E-state index in [4.69, 9.17) is 9.47 Å². The van der Waals surface area contributed by atoms with Gasteiger partial charge < -0.3 is 9.47 Å². The van der Waals surface area contributed by atoms with Crippen LogP contribution in [0.4, 0.5) is 0 Å². The first kappa shape index (κ1) is 11.6. The fraction of sp³-hybridized carbons (Fsp3) is 0.833. The van der Waals surface area contributed by atoms with Gasteiger partial charge in [0.25, 0.3) is 0 Å². The number of allylic oxidation sites excluding steroid dienone is 1. The van der Waals surface area contributed by atoms with E-state index in [1.54, 1.807) is 13.4 Å². The lowest BCUT2D eigenvalue weighted by atomic mass is 9.87. The second-order valence-corrected chi connectivity index (χ2v) is 3.97. The van der Waals surface area contributed by atoms with Crippen LogP contribution in [0.1, 0.15) is 39.0 Å². The summed E-state index contributed by atoms with van der Waals surface area (Å²) in [6.45, 7) is 3.08. The van der Waals surface area contributed by atoms with E-state index in [0.717, 1.165) is 13.0 Å². The van der Waals surface area contributed by atoms with Crippen molar-refractivity contribution in [2.24, 2.45) is 5.92 Å². The van der Waals surface area contributed by atoms with Crippen LogP contribution in [-0.2, 0) is 9.47 Å². The summed E-state index contributed by atoms with van der Waals surface area (Å²) in [6.07, 6.45) is 10.5. The molecule has 82 valence electrons. The lowest BCUT2D eigenvalue weighted by molar-refractivity contribution is 0.0225. The number of ether oxygens (including phenoxy) is 2. The van der Waals surface area contributed by atoms with Crippen LogP contribution >= 0.6 is 0 Å². The summed E-state index contributed by atoms with van der Waals surface area (Å²) in [5, 5.41) is 0. The minimum Gasteiger partial charge on any atom is -0.505 e. The first-order chi connectivity index (χ1) is 6.86. The molecule has 1 fully saturated rings. The number of hydrogen-bond acceptors (Lipinski definition) is 2. The van der Waals surface area contributed by atoms with E-state index in [2.05, 4.69) is 13.0 Å². The summed E-state index contributed by atoms with van der Waals surface area (Å²) in [6, 6.07) is 0. The summed E-state index contributed by atoms with van der Waals surface area (Å²) < 4.78 is 10.7. The molecule has 1 aliphatic carbocycles. The molecule has 0 bridgehead atoms. The van der Waals surface area contributed by atoms with E-state index < -0.39 is 0 Å². The zero-order chi connectivity index (χ0) is 10.2. The van der Waals surface area contributed by atoms with Gasteiger partial charge in [-0.1, -0.05) is 6.92 Å². The summed E-state index contributed by atoms with van der Waals surface area (Å²) in [4.78, 5) is 0. The van der Waals surface area contributed by atoms with Gasteiger partial charge in [0.1, 0.15) is 0 Å². The molecule has 0 atom stereocenters. The maximum atomic E-state index is 5.73. The standard InChI is InChI=1S/C12H22O2/c1-3-9-14-12-6-4-11(5-7-12)8-10-13-2/h8,10-12H,3-7,9H2,1-2H3/t11-,12-. The van der Waals surface area contributed by atoms with E-state index in [9.17, 15) is 0 Å². The zero-order valence-electron chi connectivity index (χ0n) is 9.37. The molecule has 0 radical (unpaired) electrons. The monoisotopic (exact) mass is 198 g/mol. The van der Waals surface area contributed by atoms with Crippen LogP contribution in [0.25, 0.3) is 0 Å². The largest absolute Gasteiger partial charge is 0.505 e. The van der Waals surface area contributed by atoms with Crippen LogP contribution in [0.2, 0.25) is 0 Å². The number of methoxy groups -OCH3 is 1. The van der Waals surface area contributed by atoms with Gasteiger partial charge in [-0.15, -0.1) is 0 Å². The van der Waals surface area contributed by atoms with Crippen molar-refractivity contribution in [1.29, 1.82) is 0 Å². The topological polar surface area (TPSA) is 18.5 Å². The molecule has 0 heterocycles. The van der Waals surface area contributed by atoms with E-state index in [1.165, 1.54) is 25.7 Å². The van der Waals surface area contributed by atoms with Crippen LogP contribution in [0.3, 0.4) is 0 Å². The van der Waals surface area contributed by atoms with Crippen molar-refractivity contribution in [3.8, 4) is 0 Å². The molecule has 0 aromatic rings. The predicted molar refractivity (Wildman–Crippen MR) is 58.1 cm³/mol. The Bertz CT molecular complexity index is 158. The van der Waals surface area contributed by atoms with Gasteiger partial charge in [-0.2, -0.15) is 0 Å². The van der Waals surface area contributed by atoms with E-state index in [1.807, 2.05) is 0 Å². The Kier molecular flexibility index (Phi) is 5.69. The molecule has 1 rings (SSSR count). The Balaban J connectivity index is 2.14. The van der Waals surface area contributed by atoms with Crippen LogP contribution in [0.15, 0.2) is 12.3 Å². The minimum absolute atomic E-state index is 0.516. The van der Waals surface area contributed by atoms with Crippen molar-refractivity contribution in [3.05, 3.63) is 12.3 Å². The maximum Gasteiger partial charge on any atom is 0.0787 e. The van der Waals surface area contributed by atoms with Crippen molar-refractivity contribution in [3.63, 3.8) is 0 Å². The molecular formula is C12H22O2. The van der Waals surface area contributed by atoms with Gasteiger partial charge in [0.15, 0.2) is 0 Å². The van der Waals surface area contributed by atoms with Crippen LogP contribution < -0.4 is 0 Å². The second kappa shape index (κ2) is 6.88. The van der Waals surface area contributed by atoms with Crippen LogP contribution in [-0.4, -0.2) is 19.8 Å². The third kappa shape index (κ3) is 4.14. The molecule has 0 aliphatic heterocycles. The van der Waals surface area contributed by atoms with E-state index in [0.29, 0.717) is 12.0 Å². The third-order valence-corrected chi connectivity index (χ3v) is 2.76. The average Bonchev–Trinajstić information content (AvgIpc) is 2.25. The van der Waals surface area contributed by atoms with Gasteiger partial charge in [-0.3, -0.25) is 0 Å². The summed E-state index contributed by atoms with van der Waals surface area (Å²) >= 11 is 0. The quantitative estimate of drug-likeness (QED) is 0.632. The number of rotatable bonds is 5. The van der Waals surface area contributed by atoms with Crippen molar-refractivity contribution >= 4 is 0 Å². The summed E-state index contributed by atoms with van der Waals surface area (Å²) in [7, 11) is 1.70. The highest BCUT2D eigenvalue weighted by atomic mass is 16.5. The van der Waals surface area contributed by atoms with Crippen molar-refractivity contribution < 1.29 is 9.47 Å². The highest BCUT2D eigenvalue weighted by Crippen LogP contribution is 2.27. The minimum atomic E-state index is 0.516. The highest BCUT2D eigenvalue weighted by molar-refractivity contribution is 4.87. The van der Waals surface area contributed by atoms with Crippen molar-refractivity contribution in [2.45, 2.75) is 45.1 Å². The van der Waals surface area contributed by atoms with Crippen LogP contribution in [0, 0.1) is 5.92 Å². The fourth-order valence-corrected chi connectivity index (χ4v) is 1.92. The fourth-order valence-electron chi connectivity index (χ4n) is 1.92. The molecule has 14 heavy (non-hydrogen) atoms. The lowest BCUT2D eigenvalue weighted by Crippen LogP contribution is -2.21. The molecule has 1 aliphatic rings. The lowest BCUT2D eigenvalue weighted by Gasteiger charge is -2.26. The average molecular weight is 198 g/mol. The normalized spacial score (nSPS) is 28.1. The SMILES string of the molecule is CCCO[C@H]1CC[C@H](C=COC)CC1. The molecular weight excluding hydrogens is 176 g/mol. The van der Waals surface area contributed by atoms with Crippen LogP contribution in [0.5, 0.6) is 0 Å². The molecule has 0 aromatic carbocycles. The van der Waals surface area contributed by atoms with Gasteiger partial charge >= 0.3 is 0 Å². The Morgan fingerprint density at radius 2 is 1.93 bits per heavy atom. The molecule has 1 saturated carbocycles. The molecule has 2 heteroatoms. The van der Waals surface area contributed by atoms with Gasteiger partial charge in [0.05, 0.1) is 19.5 Å². The van der Waals surface area contributed by atoms with Gasteiger partial charge in [-0.25, -0.2) is 0 Å². The third-order valence-electron chi connectivity index (χ3n) is 2.76. The zero-order valence-corrected chi connectivity index (χ0v) is 9.37. The smallest absolute Gasteiger partial charge is 0.0787 e. The summed E-state index contributed by atoms with van der Waals surface area (Å²) in [5.41, 5.74) is 0. The maximum absolute atomic E-state index is 5.73. The Labute approximate surface area is 87.3 Å². The predicted octanol–water partition coefficient (Wildman–Crippen LogP) is 3.13. The Hall–Kier alpha value is -0.500. The van der Waals surface area contributed by atoms with E-state index in [-0.39, 0.29) is 0 Å².